The van der Waals surface area contributed by atoms with Crippen molar-refractivity contribution in [2.24, 2.45) is 0 Å². The van der Waals surface area contributed by atoms with E-state index in [-0.39, 0.29) is 5.91 Å². The van der Waals surface area contributed by atoms with E-state index in [1.165, 1.54) is 16.0 Å². The predicted molar refractivity (Wildman–Crippen MR) is 173 cm³/mol. The molecule has 0 aromatic heterocycles. The first kappa shape index (κ1) is 37.4. The van der Waals surface area contributed by atoms with Crippen LogP contribution in [0.1, 0.15) is 22.7 Å². The molecule has 4 aromatic carbocycles. The number of hydrogen-bond donors (Lipinski definition) is 5. The summed E-state index contributed by atoms with van der Waals surface area (Å²) in [7, 11) is 0. The van der Waals surface area contributed by atoms with Gasteiger partial charge < -0.3 is 39.8 Å². The maximum Gasteiger partial charge on any atom is 0.351 e. The lowest BCUT2D eigenvalue weighted by Crippen LogP contribution is -3.28. The summed E-state index contributed by atoms with van der Waals surface area (Å²) in [5, 5.41) is 34.6. The van der Waals surface area contributed by atoms with Crippen LogP contribution in [0.25, 0.3) is 0 Å². The Labute approximate surface area is 283 Å². The lowest BCUT2D eigenvalue weighted by Gasteiger charge is -2.35. The van der Waals surface area contributed by atoms with Crippen molar-refractivity contribution in [3.8, 4) is 0 Å². The molecule has 1 fully saturated rings. The molecule has 13 heteroatoms. The number of para-hydroxylation sites is 1. The second kappa shape index (κ2) is 19.6. The van der Waals surface area contributed by atoms with Crippen molar-refractivity contribution in [1.82, 2.24) is 5.43 Å². The molecule has 256 valence electrons. The average molecular weight is 671 g/mol. The number of rotatable bonds is 9. The van der Waals surface area contributed by atoms with E-state index in [1.807, 2.05) is 53.5 Å². The topological polar surface area (TPSA) is 196 Å². The molecule has 1 aliphatic rings. The first-order chi connectivity index (χ1) is 23.5. The first-order valence-corrected chi connectivity index (χ1v) is 15.4. The summed E-state index contributed by atoms with van der Waals surface area (Å²) in [4.78, 5) is 52.1. The molecule has 0 aliphatic carbocycles. The number of nitrogens with one attached hydrogen (secondary N) is 3. The van der Waals surface area contributed by atoms with Gasteiger partial charge in [0.25, 0.3) is 5.91 Å². The fraction of sp³-hybridized carbons (Fsp3) is 0.194. The van der Waals surface area contributed by atoms with Gasteiger partial charge in [0.2, 0.25) is 0 Å². The first-order valence-electron chi connectivity index (χ1n) is 15.4. The van der Waals surface area contributed by atoms with Crippen molar-refractivity contribution in [2.75, 3.05) is 37.7 Å². The van der Waals surface area contributed by atoms with E-state index >= 15 is 0 Å². The third-order valence-corrected chi connectivity index (χ3v) is 7.54. The Hall–Kier alpha value is -6.05. The number of amides is 1. The molecule has 0 unspecified atom stereocenters. The van der Waals surface area contributed by atoms with E-state index in [9.17, 15) is 4.79 Å². The van der Waals surface area contributed by atoms with Gasteiger partial charge in [-0.2, -0.15) is 0 Å². The fourth-order valence-corrected chi connectivity index (χ4v) is 5.33. The number of quaternary nitrogens is 2. The molecule has 0 radical (unpaired) electrons. The van der Waals surface area contributed by atoms with Gasteiger partial charge in [-0.25, -0.2) is 9.59 Å². The van der Waals surface area contributed by atoms with E-state index in [0.717, 1.165) is 37.4 Å². The van der Waals surface area contributed by atoms with Crippen molar-refractivity contribution in [3.05, 3.63) is 138 Å². The van der Waals surface area contributed by atoms with E-state index in [4.69, 9.17) is 39.6 Å². The SMILES string of the molecule is O=C(C[NH+]1CC[NH+](C(c2ccccc2)c2ccccc2)CC1)NN(Cc1ccccc1)c1ccccc1.O=C([O-])C(=O)O.O=C([O-])C(=O)O. The van der Waals surface area contributed by atoms with Crippen LogP contribution in [0, 0.1) is 0 Å². The normalized spacial score (nSPS) is 14.9. The zero-order chi connectivity index (χ0) is 35.6. The van der Waals surface area contributed by atoms with Gasteiger partial charge in [-0.05, 0) is 17.7 Å². The summed E-state index contributed by atoms with van der Waals surface area (Å²) >= 11 is 0. The molecule has 49 heavy (non-hydrogen) atoms. The van der Waals surface area contributed by atoms with Gasteiger partial charge in [-0.1, -0.05) is 109 Å². The molecule has 0 bridgehead atoms. The molecule has 1 saturated heterocycles. The van der Waals surface area contributed by atoms with Crippen molar-refractivity contribution in [1.29, 1.82) is 0 Å². The number of carbonyl (C=O) groups excluding carboxylic acids is 3. The minimum Gasteiger partial charge on any atom is -0.539 e. The van der Waals surface area contributed by atoms with Crippen LogP contribution in [0.2, 0.25) is 0 Å². The molecular weight excluding hydrogens is 632 g/mol. The Kier molecular flexibility index (Phi) is 14.9. The van der Waals surface area contributed by atoms with Crippen molar-refractivity contribution >= 4 is 35.5 Å². The fourth-order valence-electron chi connectivity index (χ4n) is 5.33. The molecule has 1 heterocycles. The molecule has 13 nitrogen and oxygen atoms in total. The van der Waals surface area contributed by atoms with Crippen LogP contribution in [-0.4, -0.2) is 72.7 Å². The molecule has 0 atom stereocenters. The summed E-state index contributed by atoms with van der Waals surface area (Å²) in [5.41, 5.74) is 8.02. The summed E-state index contributed by atoms with van der Waals surface area (Å²) in [6.45, 7) is 5.12. The smallest absolute Gasteiger partial charge is 0.351 e. The number of aliphatic carboxylic acids is 4. The van der Waals surface area contributed by atoms with Crippen molar-refractivity contribution in [2.45, 2.75) is 12.6 Å². The molecule has 1 amide bonds. The van der Waals surface area contributed by atoms with E-state index in [0.29, 0.717) is 19.1 Å². The predicted octanol–water partition coefficient (Wildman–Crippen LogP) is -2.06. The molecule has 5 rings (SSSR count). The highest BCUT2D eigenvalue weighted by Crippen LogP contribution is 2.19. The Morgan fingerprint density at radius 2 is 1.02 bits per heavy atom. The highest BCUT2D eigenvalue weighted by Gasteiger charge is 2.32. The Balaban J connectivity index is 0.000000465. The summed E-state index contributed by atoms with van der Waals surface area (Å²) in [6.07, 6.45) is 0. The third-order valence-electron chi connectivity index (χ3n) is 7.54. The zero-order valence-electron chi connectivity index (χ0n) is 26.6. The average Bonchev–Trinajstić information content (AvgIpc) is 3.11. The van der Waals surface area contributed by atoms with Crippen LogP contribution in [0.4, 0.5) is 5.69 Å². The van der Waals surface area contributed by atoms with Crippen molar-refractivity contribution in [3.63, 3.8) is 0 Å². The number of carboxylic acid groups (broad SMARTS) is 4. The molecule has 1 aliphatic heterocycles. The minimum absolute atomic E-state index is 0.0564. The van der Waals surface area contributed by atoms with Gasteiger partial charge in [-0.3, -0.25) is 15.2 Å². The Bertz CT molecular complexity index is 1550. The van der Waals surface area contributed by atoms with Gasteiger partial charge in [-0.15, -0.1) is 0 Å². The number of hydrogen-bond acceptors (Lipinski definition) is 8. The number of nitrogens with zero attached hydrogens (tertiary/aromatic N) is 1. The molecular formula is C36H38N4O9. The van der Waals surface area contributed by atoms with Crippen LogP contribution in [0.5, 0.6) is 0 Å². The molecule has 0 saturated carbocycles. The largest absolute Gasteiger partial charge is 0.539 e. The van der Waals surface area contributed by atoms with Crippen LogP contribution in [0.15, 0.2) is 121 Å². The highest BCUT2D eigenvalue weighted by molar-refractivity contribution is 6.26. The number of piperazine rings is 1. The maximum absolute atomic E-state index is 13.2. The lowest BCUT2D eigenvalue weighted by molar-refractivity contribution is -1.02. The minimum atomic E-state index is -2.07. The summed E-state index contributed by atoms with van der Waals surface area (Å²) in [6, 6.07) is 42.3. The second-order valence-corrected chi connectivity index (χ2v) is 11.0. The number of benzene rings is 4. The Morgan fingerprint density at radius 1 is 0.633 bits per heavy atom. The number of carboxylic acids is 4. The van der Waals surface area contributed by atoms with Crippen molar-refractivity contribution < 1.29 is 54.2 Å². The third kappa shape index (κ3) is 12.9. The quantitative estimate of drug-likeness (QED) is 0.0976. The summed E-state index contributed by atoms with van der Waals surface area (Å²) < 4.78 is 0. The van der Waals surface area contributed by atoms with Gasteiger partial charge in [0.05, 0.1) is 12.2 Å². The Morgan fingerprint density at radius 3 is 1.43 bits per heavy atom. The standard InChI is InChI=1S/C32H34N4O.2C2H2O4/c37-31(33-36(30-19-11-4-12-20-30)25-27-13-5-1-6-14-27)26-34-21-23-35(24-22-34)32(28-15-7-2-8-16-28)29-17-9-3-10-18-29;2*3-1(4)2(5)6/h1-20,32H,21-26H2,(H,33,37);2*(H,3,4)(H,5,6). The van der Waals surface area contributed by atoms with Gasteiger partial charge >= 0.3 is 11.9 Å². The van der Waals surface area contributed by atoms with Gasteiger partial charge in [0, 0.05) is 11.1 Å². The highest BCUT2D eigenvalue weighted by atomic mass is 16.4. The van der Waals surface area contributed by atoms with Crippen LogP contribution in [0.3, 0.4) is 0 Å². The van der Waals surface area contributed by atoms with E-state index < -0.39 is 23.9 Å². The molecule has 5 N–H and O–H groups in total. The number of anilines is 1. The van der Waals surface area contributed by atoms with Crippen LogP contribution in [-0.2, 0) is 30.5 Å². The van der Waals surface area contributed by atoms with Gasteiger partial charge in [0.15, 0.2) is 18.5 Å². The zero-order valence-corrected chi connectivity index (χ0v) is 26.6. The van der Waals surface area contributed by atoms with E-state index in [1.54, 1.807) is 4.90 Å². The van der Waals surface area contributed by atoms with Crippen LogP contribution >= 0.6 is 0 Å². The lowest BCUT2D eigenvalue weighted by atomic mass is 9.96. The number of carbonyl (C=O) groups is 5. The molecule has 0 spiro atoms. The maximum atomic E-state index is 13.2. The number of hydrazine groups is 1. The summed E-state index contributed by atoms with van der Waals surface area (Å²) in [5.74, 6) is -7.96. The molecule has 4 aromatic rings. The second-order valence-electron chi connectivity index (χ2n) is 11.0. The van der Waals surface area contributed by atoms with Crippen LogP contribution < -0.4 is 30.4 Å². The monoisotopic (exact) mass is 670 g/mol. The van der Waals surface area contributed by atoms with Gasteiger partial charge in [0.1, 0.15) is 32.2 Å². The van der Waals surface area contributed by atoms with E-state index in [2.05, 4.69) is 78.2 Å².